The van der Waals surface area contributed by atoms with Gasteiger partial charge in [-0.15, -0.1) is 5.10 Å². The van der Waals surface area contributed by atoms with E-state index < -0.39 is 0 Å². The molecule has 0 aliphatic heterocycles. The zero-order valence-electron chi connectivity index (χ0n) is 16.3. The van der Waals surface area contributed by atoms with Gasteiger partial charge in [0.05, 0.1) is 18.6 Å². The van der Waals surface area contributed by atoms with Gasteiger partial charge in [0.2, 0.25) is 16.9 Å². The number of tetrazole rings is 1. The minimum Gasteiger partial charge on any atom is -0.497 e. The van der Waals surface area contributed by atoms with Crippen LogP contribution in [0.3, 0.4) is 0 Å². The van der Waals surface area contributed by atoms with Crippen molar-refractivity contribution in [1.82, 2.24) is 30.3 Å². The van der Waals surface area contributed by atoms with Crippen molar-refractivity contribution in [2.75, 3.05) is 7.11 Å². The van der Waals surface area contributed by atoms with E-state index in [1.165, 1.54) is 17.3 Å². The molecule has 0 radical (unpaired) electrons. The van der Waals surface area contributed by atoms with Gasteiger partial charge in [-0.05, 0) is 58.3 Å². The van der Waals surface area contributed by atoms with E-state index >= 15 is 0 Å². The molecule has 2 aromatic heterocycles. The fourth-order valence-electron chi connectivity index (χ4n) is 2.73. The third-order valence-electron chi connectivity index (χ3n) is 4.39. The smallest absolute Gasteiger partial charge is 0.237 e. The maximum Gasteiger partial charge on any atom is 0.237 e. The van der Waals surface area contributed by atoms with Crippen LogP contribution in [-0.2, 0) is 5.75 Å². The Morgan fingerprint density at radius 1 is 1.07 bits per heavy atom. The lowest BCUT2D eigenvalue weighted by atomic mass is 10.0. The van der Waals surface area contributed by atoms with Gasteiger partial charge in [-0.1, -0.05) is 42.9 Å². The summed E-state index contributed by atoms with van der Waals surface area (Å²) in [6.07, 6.45) is 0. The SMILES string of the molecule is COc1ccc(-c2noc(CSc3nnnn3-c3ccc(C(C)C)cc3)n2)cc1. The highest BCUT2D eigenvalue weighted by Crippen LogP contribution is 2.25. The van der Waals surface area contributed by atoms with Crippen molar-refractivity contribution in [2.24, 2.45) is 0 Å². The van der Waals surface area contributed by atoms with Crippen LogP contribution in [0.4, 0.5) is 0 Å². The van der Waals surface area contributed by atoms with Crippen LogP contribution in [0.2, 0.25) is 0 Å². The Hall–Kier alpha value is -3.20. The summed E-state index contributed by atoms with van der Waals surface area (Å²) in [7, 11) is 1.63. The zero-order valence-corrected chi connectivity index (χ0v) is 17.1. The molecule has 0 amide bonds. The first-order chi connectivity index (χ1) is 14.1. The van der Waals surface area contributed by atoms with Crippen molar-refractivity contribution >= 4 is 11.8 Å². The highest BCUT2D eigenvalue weighted by atomic mass is 32.2. The Bertz CT molecular complexity index is 1070. The number of aromatic nitrogens is 6. The summed E-state index contributed by atoms with van der Waals surface area (Å²) in [6.45, 7) is 4.33. The van der Waals surface area contributed by atoms with Crippen LogP contribution in [0.1, 0.15) is 31.2 Å². The normalized spacial score (nSPS) is 11.2. The summed E-state index contributed by atoms with van der Waals surface area (Å²) in [5.41, 5.74) is 3.04. The molecule has 0 unspecified atom stereocenters. The lowest BCUT2D eigenvalue weighted by Crippen LogP contribution is -2.00. The number of rotatable bonds is 7. The molecule has 0 aliphatic carbocycles. The van der Waals surface area contributed by atoms with Crippen LogP contribution in [-0.4, -0.2) is 37.5 Å². The van der Waals surface area contributed by atoms with E-state index in [2.05, 4.69) is 51.6 Å². The van der Waals surface area contributed by atoms with Gasteiger partial charge >= 0.3 is 0 Å². The Labute approximate surface area is 172 Å². The topological polar surface area (TPSA) is 91.8 Å². The molecule has 2 heterocycles. The lowest BCUT2D eigenvalue weighted by Gasteiger charge is -2.07. The molecule has 4 rings (SSSR count). The van der Waals surface area contributed by atoms with E-state index in [0.29, 0.717) is 28.5 Å². The summed E-state index contributed by atoms with van der Waals surface area (Å²) in [6, 6.07) is 15.7. The summed E-state index contributed by atoms with van der Waals surface area (Å²) in [5, 5.41) is 16.7. The van der Waals surface area contributed by atoms with Crippen molar-refractivity contribution in [3.8, 4) is 22.8 Å². The number of methoxy groups -OCH3 is 1. The van der Waals surface area contributed by atoms with Crippen LogP contribution in [0, 0.1) is 0 Å². The molecular formula is C20H20N6O2S. The molecule has 0 spiro atoms. The van der Waals surface area contributed by atoms with Gasteiger partial charge in [-0.2, -0.15) is 9.67 Å². The standard InChI is InChI=1S/C20H20N6O2S/c1-13(2)14-4-8-16(9-5-14)26-20(22-24-25-26)29-12-18-21-19(23-28-18)15-6-10-17(27-3)11-7-15/h4-11,13H,12H2,1-3H3. The summed E-state index contributed by atoms with van der Waals surface area (Å²) in [4.78, 5) is 4.45. The number of hydrogen-bond donors (Lipinski definition) is 0. The Morgan fingerprint density at radius 2 is 1.83 bits per heavy atom. The van der Waals surface area contributed by atoms with Crippen LogP contribution >= 0.6 is 11.8 Å². The molecule has 0 saturated carbocycles. The molecule has 9 heteroatoms. The minimum atomic E-state index is 0.466. The van der Waals surface area contributed by atoms with Crippen LogP contribution in [0.5, 0.6) is 5.75 Å². The maximum absolute atomic E-state index is 5.37. The average molecular weight is 408 g/mol. The third kappa shape index (κ3) is 4.29. The highest BCUT2D eigenvalue weighted by Gasteiger charge is 2.14. The highest BCUT2D eigenvalue weighted by molar-refractivity contribution is 7.98. The molecule has 4 aromatic rings. The predicted octanol–water partition coefficient (Wildman–Crippen LogP) is 4.14. The zero-order chi connectivity index (χ0) is 20.2. The second kappa shape index (κ2) is 8.44. The molecule has 0 aliphatic rings. The molecule has 0 bridgehead atoms. The fraction of sp³-hybridized carbons (Fsp3) is 0.250. The monoisotopic (exact) mass is 408 g/mol. The van der Waals surface area contributed by atoms with E-state index in [1.54, 1.807) is 11.8 Å². The van der Waals surface area contributed by atoms with Gasteiger partial charge in [0.25, 0.3) is 0 Å². The second-order valence-electron chi connectivity index (χ2n) is 6.65. The summed E-state index contributed by atoms with van der Waals surface area (Å²) < 4.78 is 12.2. The number of benzene rings is 2. The van der Waals surface area contributed by atoms with Crippen molar-refractivity contribution in [2.45, 2.75) is 30.7 Å². The number of nitrogens with zero attached hydrogens (tertiary/aromatic N) is 6. The molecule has 0 atom stereocenters. The Kier molecular flexibility index (Phi) is 5.57. The largest absolute Gasteiger partial charge is 0.497 e. The maximum atomic E-state index is 5.37. The molecule has 0 N–H and O–H groups in total. The van der Waals surface area contributed by atoms with Crippen molar-refractivity contribution in [3.63, 3.8) is 0 Å². The van der Waals surface area contributed by atoms with E-state index in [1.807, 2.05) is 36.4 Å². The van der Waals surface area contributed by atoms with Gasteiger partial charge in [0.1, 0.15) is 5.75 Å². The van der Waals surface area contributed by atoms with Crippen molar-refractivity contribution in [1.29, 1.82) is 0 Å². The second-order valence-corrected chi connectivity index (χ2v) is 7.59. The van der Waals surface area contributed by atoms with Crippen LogP contribution in [0.15, 0.2) is 58.2 Å². The Balaban J connectivity index is 1.45. The number of thioether (sulfide) groups is 1. The van der Waals surface area contributed by atoms with Gasteiger partial charge in [0.15, 0.2) is 0 Å². The van der Waals surface area contributed by atoms with Gasteiger partial charge in [0, 0.05) is 5.56 Å². The van der Waals surface area contributed by atoms with Crippen LogP contribution in [0.25, 0.3) is 17.1 Å². The first kappa shape index (κ1) is 19.1. The summed E-state index contributed by atoms with van der Waals surface area (Å²) >= 11 is 1.44. The molecule has 2 aromatic carbocycles. The van der Waals surface area contributed by atoms with Crippen molar-refractivity contribution in [3.05, 3.63) is 60.0 Å². The van der Waals surface area contributed by atoms with Crippen LogP contribution < -0.4 is 4.74 Å². The average Bonchev–Trinajstić information content (AvgIpc) is 3.42. The molecule has 0 saturated heterocycles. The van der Waals surface area contributed by atoms with Gasteiger partial charge < -0.3 is 9.26 Å². The van der Waals surface area contributed by atoms with E-state index in [0.717, 1.165) is 17.0 Å². The van der Waals surface area contributed by atoms with Crippen molar-refractivity contribution < 1.29 is 9.26 Å². The lowest BCUT2D eigenvalue weighted by molar-refractivity contribution is 0.391. The van der Waals surface area contributed by atoms with E-state index in [9.17, 15) is 0 Å². The van der Waals surface area contributed by atoms with Gasteiger partial charge in [-0.3, -0.25) is 0 Å². The molecule has 0 fully saturated rings. The quantitative estimate of drug-likeness (QED) is 0.421. The molecule has 29 heavy (non-hydrogen) atoms. The minimum absolute atomic E-state index is 0.466. The predicted molar refractivity (Wildman–Crippen MR) is 109 cm³/mol. The molecule has 148 valence electrons. The Morgan fingerprint density at radius 3 is 2.52 bits per heavy atom. The number of hydrogen-bond acceptors (Lipinski definition) is 8. The summed E-state index contributed by atoms with van der Waals surface area (Å²) in [5.74, 6) is 2.76. The van der Waals surface area contributed by atoms with E-state index in [-0.39, 0.29) is 0 Å². The fourth-order valence-corrected chi connectivity index (χ4v) is 3.46. The first-order valence-corrected chi connectivity index (χ1v) is 10.1. The van der Waals surface area contributed by atoms with Gasteiger partial charge in [-0.25, -0.2) is 0 Å². The third-order valence-corrected chi connectivity index (χ3v) is 5.29. The molecular weight excluding hydrogens is 388 g/mol. The van der Waals surface area contributed by atoms with E-state index in [4.69, 9.17) is 9.26 Å². The molecule has 8 nitrogen and oxygen atoms in total. The number of ether oxygens (including phenoxy) is 1. The first-order valence-electron chi connectivity index (χ1n) is 9.12.